The van der Waals surface area contributed by atoms with Gasteiger partial charge < -0.3 is 10.1 Å². The van der Waals surface area contributed by atoms with Gasteiger partial charge in [-0.2, -0.15) is 0 Å². The van der Waals surface area contributed by atoms with E-state index in [1.54, 1.807) is 0 Å². The van der Waals surface area contributed by atoms with E-state index in [2.05, 4.69) is 12.2 Å². The van der Waals surface area contributed by atoms with Crippen molar-refractivity contribution >= 4 is 5.97 Å². The summed E-state index contributed by atoms with van der Waals surface area (Å²) in [4.78, 5) is 11.7. The quantitative estimate of drug-likeness (QED) is 0.787. The van der Waals surface area contributed by atoms with Crippen molar-refractivity contribution in [3.8, 4) is 0 Å². The van der Waals surface area contributed by atoms with Crippen molar-refractivity contribution < 1.29 is 9.53 Å². The first-order valence-electron chi connectivity index (χ1n) is 5.69. The van der Waals surface area contributed by atoms with E-state index in [-0.39, 0.29) is 11.9 Å². The minimum Gasteiger partial charge on any atom is -0.461 e. The van der Waals surface area contributed by atoms with Crippen LogP contribution in [0.3, 0.4) is 0 Å². The first-order chi connectivity index (χ1) is 7.75. The third-order valence-corrected chi connectivity index (χ3v) is 2.91. The van der Waals surface area contributed by atoms with Crippen molar-refractivity contribution in [2.75, 3.05) is 6.54 Å². The van der Waals surface area contributed by atoms with Gasteiger partial charge in [0.1, 0.15) is 6.61 Å². The largest absolute Gasteiger partial charge is 0.461 e. The van der Waals surface area contributed by atoms with E-state index in [9.17, 15) is 4.79 Å². The van der Waals surface area contributed by atoms with E-state index in [4.69, 9.17) is 4.74 Å². The zero-order chi connectivity index (χ0) is 11.4. The van der Waals surface area contributed by atoms with Crippen molar-refractivity contribution in [1.29, 1.82) is 0 Å². The Morgan fingerprint density at radius 2 is 2.19 bits per heavy atom. The van der Waals surface area contributed by atoms with Gasteiger partial charge in [0, 0.05) is 12.6 Å². The molecule has 1 aromatic carbocycles. The predicted molar refractivity (Wildman–Crippen MR) is 61.8 cm³/mol. The molecule has 2 atom stereocenters. The van der Waals surface area contributed by atoms with Crippen LogP contribution < -0.4 is 5.32 Å². The topological polar surface area (TPSA) is 38.3 Å². The molecular formula is C13H17NO2. The van der Waals surface area contributed by atoms with Gasteiger partial charge in [-0.25, -0.2) is 0 Å². The minimum absolute atomic E-state index is 0.0266. The molecular weight excluding hydrogens is 202 g/mol. The lowest BCUT2D eigenvalue weighted by atomic mass is 10.1. The summed E-state index contributed by atoms with van der Waals surface area (Å²) in [5, 5.41) is 3.25. The third kappa shape index (κ3) is 2.83. The minimum atomic E-state index is -0.0827. The molecule has 1 N–H and O–H groups in total. The molecule has 3 heteroatoms. The lowest BCUT2D eigenvalue weighted by molar-refractivity contribution is -0.149. The van der Waals surface area contributed by atoms with Gasteiger partial charge in [0.2, 0.25) is 0 Å². The number of carbonyl (C=O) groups excluding carboxylic acids is 1. The number of hydrogen-bond acceptors (Lipinski definition) is 3. The molecule has 86 valence electrons. The van der Waals surface area contributed by atoms with Crippen LogP contribution in [0.15, 0.2) is 30.3 Å². The third-order valence-electron chi connectivity index (χ3n) is 2.91. The summed E-state index contributed by atoms with van der Waals surface area (Å²) in [6.07, 6.45) is 0.883. The second-order valence-corrected chi connectivity index (χ2v) is 4.34. The molecule has 1 aliphatic heterocycles. The maximum Gasteiger partial charge on any atom is 0.310 e. The fourth-order valence-electron chi connectivity index (χ4n) is 1.96. The van der Waals surface area contributed by atoms with E-state index < -0.39 is 0 Å². The summed E-state index contributed by atoms with van der Waals surface area (Å²) in [6, 6.07) is 10.2. The molecule has 1 fully saturated rings. The van der Waals surface area contributed by atoms with Crippen LogP contribution in [0.2, 0.25) is 0 Å². The molecule has 0 unspecified atom stereocenters. The van der Waals surface area contributed by atoms with E-state index in [1.807, 2.05) is 30.3 Å². The highest BCUT2D eigenvalue weighted by atomic mass is 16.5. The summed E-state index contributed by atoms with van der Waals surface area (Å²) in [7, 11) is 0. The van der Waals surface area contributed by atoms with Crippen LogP contribution in [-0.4, -0.2) is 18.6 Å². The molecule has 16 heavy (non-hydrogen) atoms. The van der Waals surface area contributed by atoms with Crippen molar-refractivity contribution in [2.45, 2.75) is 26.0 Å². The van der Waals surface area contributed by atoms with Gasteiger partial charge in [0.25, 0.3) is 0 Å². The van der Waals surface area contributed by atoms with Gasteiger partial charge in [-0.1, -0.05) is 30.3 Å². The average Bonchev–Trinajstić information content (AvgIpc) is 2.74. The van der Waals surface area contributed by atoms with Crippen LogP contribution in [0, 0.1) is 5.92 Å². The van der Waals surface area contributed by atoms with Gasteiger partial charge >= 0.3 is 5.97 Å². The Morgan fingerprint density at radius 3 is 2.81 bits per heavy atom. The first kappa shape index (κ1) is 11.1. The number of nitrogens with one attached hydrogen (secondary N) is 1. The highest BCUT2D eigenvalue weighted by Gasteiger charge is 2.27. The molecule has 0 aliphatic carbocycles. The summed E-state index contributed by atoms with van der Waals surface area (Å²) in [6.45, 7) is 3.21. The van der Waals surface area contributed by atoms with Crippen molar-refractivity contribution in [3.05, 3.63) is 35.9 Å². The fraction of sp³-hybridized carbons (Fsp3) is 0.462. The average molecular weight is 219 g/mol. The predicted octanol–water partition coefficient (Wildman–Crippen LogP) is 1.73. The van der Waals surface area contributed by atoms with E-state index >= 15 is 0 Å². The second kappa shape index (κ2) is 5.12. The van der Waals surface area contributed by atoms with Gasteiger partial charge in [0.05, 0.1) is 5.92 Å². The molecule has 0 bridgehead atoms. The molecule has 1 aromatic rings. The van der Waals surface area contributed by atoms with Crippen molar-refractivity contribution in [1.82, 2.24) is 5.32 Å². The number of esters is 1. The summed E-state index contributed by atoms with van der Waals surface area (Å²) < 4.78 is 5.28. The Morgan fingerprint density at radius 1 is 1.44 bits per heavy atom. The lowest BCUT2D eigenvalue weighted by Crippen LogP contribution is -2.20. The standard InChI is InChI=1S/C13H17NO2/c1-10-7-12(8-14-10)13(15)16-9-11-5-3-2-4-6-11/h2-6,10,12,14H,7-9H2,1H3/t10-,12+/m0/s1. The number of hydrogen-bond donors (Lipinski definition) is 1. The number of benzene rings is 1. The van der Waals surface area contributed by atoms with Crippen LogP contribution in [0.4, 0.5) is 0 Å². The number of carbonyl (C=O) groups is 1. The lowest BCUT2D eigenvalue weighted by Gasteiger charge is -2.09. The maximum atomic E-state index is 11.7. The van der Waals surface area contributed by atoms with E-state index in [0.717, 1.165) is 18.5 Å². The van der Waals surface area contributed by atoms with E-state index in [1.165, 1.54) is 0 Å². The Bertz CT molecular complexity index is 350. The SMILES string of the molecule is C[C@H]1C[C@@H](C(=O)OCc2ccccc2)CN1. The summed E-state index contributed by atoms with van der Waals surface area (Å²) in [5.41, 5.74) is 1.04. The highest BCUT2D eigenvalue weighted by molar-refractivity contribution is 5.73. The normalized spacial score (nSPS) is 24.3. The van der Waals surface area contributed by atoms with Crippen LogP contribution in [0.1, 0.15) is 18.9 Å². The van der Waals surface area contributed by atoms with Crippen LogP contribution >= 0.6 is 0 Å². The first-order valence-corrected chi connectivity index (χ1v) is 5.69. The molecule has 0 aromatic heterocycles. The smallest absolute Gasteiger partial charge is 0.310 e. The van der Waals surface area contributed by atoms with Gasteiger partial charge in [-0.3, -0.25) is 4.79 Å². The number of ether oxygens (including phenoxy) is 1. The Balaban J connectivity index is 1.80. The Labute approximate surface area is 95.8 Å². The molecule has 0 amide bonds. The molecule has 1 heterocycles. The van der Waals surface area contributed by atoms with Crippen molar-refractivity contribution in [2.24, 2.45) is 5.92 Å². The zero-order valence-electron chi connectivity index (χ0n) is 9.48. The molecule has 2 rings (SSSR count). The second-order valence-electron chi connectivity index (χ2n) is 4.34. The van der Waals surface area contributed by atoms with Gasteiger partial charge in [-0.15, -0.1) is 0 Å². The van der Waals surface area contributed by atoms with Crippen molar-refractivity contribution in [3.63, 3.8) is 0 Å². The molecule has 3 nitrogen and oxygen atoms in total. The molecule has 0 radical (unpaired) electrons. The van der Waals surface area contributed by atoms with Gasteiger partial charge in [0.15, 0.2) is 0 Å². The Hall–Kier alpha value is -1.35. The molecule has 0 spiro atoms. The van der Waals surface area contributed by atoms with Gasteiger partial charge in [-0.05, 0) is 18.9 Å². The molecule has 0 saturated carbocycles. The highest BCUT2D eigenvalue weighted by Crippen LogP contribution is 2.15. The monoisotopic (exact) mass is 219 g/mol. The summed E-state index contributed by atoms with van der Waals surface area (Å²) >= 11 is 0. The fourth-order valence-corrected chi connectivity index (χ4v) is 1.96. The van der Waals surface area contributed by atoms with Crippen LogP contribution in [0.5, 0.6) is 0 Å². The van der Waals surface area contributed by atoms with E-state index in [0.29, 0.717) is 12.6 Å². The summed E-state index contributed by atoms with van der Waals surface area (Å²) in [5.74, 6) is -0.0561. The molecule has 1 aliphatic rings. The molecule has 1 saturated heterocycles. The van der Waals surface area contributed by atoms with Crippen LogP contribution in [0.25, 0.3) is 0 Å². The van der Waals surface area contributed by atoms with Crippen LogP contribution in [-0.2, 0) is 16.1 Å². The number of rotatable bonds is 3. The Kier molecular flexibility index (Phi) is 3.57. The maximum absolute atomic E-state index is 11.7. The zero-order valence-corrected chi connectivity index (χ0v) is 9.48.